The molecule has 1 aliphatic heterocycles. The summed E-state index contributed by atoms with van der Waals surface area (Å²) in [5.41, 5.74) is 3.47. The van der Waals surface area contributed by atoms with E-state index in [2.05, 4.69) is 23.7 Å². The Hall–Kier alpha value is -3.70. The maximum absolute atomic E-state index is 11.9. The average molecular weight is 535 g/mol. The molecule has 39 heavy (non-hydrogen) atoms. The van der Waals surface area contributed by atoms with Crippen molar-refractivity contribution in [3.8, 4) is 34.8 Å². The van der Waals surface area contributed by atoms with Gasteiger partial charge < -0.3 is 34.6 Å². The van der Waals surface area contributed by atoms with Crippen molar-refractivity contribution in [1.82, 2.24) is 0 Å². The number of hydrogen-bond donors (Lipinski definition) is 4. The van der Waals surface area contributed by atoms with E-state index in [0.29, 0.717) is 5.56 Å². The Morgan fingerprint density at radius 3 is 1.90 bits per heavy atom. The highest BCUT2D eigenvalue weighted by Crippen LogP contribution is 2.50. The minimum Gasteiger partial charge on any atom is -0.464 e. The maximum atomic E-state index is 11.9. The molecule has 9 heteroatoms. The summed E-state index contributed by atoms with van der Waals surface area (Å²) in [5, 5.41) is 39.9. The van der Waals surface area contributed by atoms with Gasteiger partial charge in [-0.25, -0.2) is 0 Å². The third kappa shape index (κ3) is 5.55. The Balaban J connectivity index is 1.81. The molecule has 1 saturated heterocycles. The largest absolute Gasteiger partial charge is 0.464 e. The quantitative estimate of drug-likeness (QED) is 0.321. The van der Waals surface area contributed by atoms with E-state index in [1.165, 1.54) is 13.8 Å². The zero-order valence-corrected chi connectivity index (χ0v) is 21.8. The summed E-state index contributed by atoms with van der Waals surface area (Å²) in [7, 11) is 0. The van der Waals surface area contributed by atoms with Crippen LogP contribution in [0.5, 0.6) is 0 Å². The zero-order chi connectivity index (χ0) is 28.3. The van der Waals surface area contributed by atoms with E-state index >= 15 is 0 Å². The van der Waals surface area contributed by atoms with E-state index in [4.69, 9.17) is 14.2 Å². The second-order valence-electron chi connectivity index (χ2n) is 9.56. The minimum absolute atomic E-state index is 0.0950. The molecule has 4 rings (SSSR count). The monoisotopic (exact) mass is 534 g/mol. The Kier molecular flexibility index (Phi) is 8.41. The number of fused-ring (bicyclic) bond motifs is 3. The van der Waals surface area contributed by atoms with Gasteiger partial charge in [-0.15, -0.1) is 5.92 Å². The summed E-state index contributed by atoms with van der Waals surface area (Å²) in [6, 6.07) is 11.1. The fourth-order valence-electron chi connectivity index (χ4n) is 4.97. The van der Waals surface area contributed by atoms with E-state index in [1.807, 2.05) is 24.3 Å². The molecule has 0 amide bonds. The van der Waals surface area contributed by atoms with Crippen LogP contribution in [0.3, 0.4) is 0 Å². The van der Waals surface area contributed by atoms with Gasteiger partial charge in [0.05, 0.1) is 12.0 Å². The van der Waals surface area contributed by atoms with Crippen LogP contribution in [0.4, 0.5) is 0 Å². The molecule has 9 nitrogen and oxygen atoms in total. The van der Waals surface area contributed by atoms with Gasteiger partial charge in [-0.1, -0.05) is 29.9 Å². The van der Waals surface area contributed by atoms with Gasteiger partial charge in [0, 0.05) is 25.0 Å². The Bertz CT molecular complexity index is 1370. The maximum Gasteiger partial charge on any atom is 0.302 e. The van der Waals surface area contributed by atoms with E-state index in [-0.39, 0.29) is 13.2 Å². The second-order valence-corrected chi connectivity index (χ2v) is 9.56. The second kappa shape index (κ2) is 11.6. The molecule has 2 aromatic rings. The van der Waals surface area contributed by atoms with E-state index in [0.717, 1.165) is 27.8 Å². The van der Waals surface area contributed by atoms with E-state index in [1.54, 1.807) is 19.1 Å². The lowest BCUT2D eigenvalue weighted by atomic mass is 9.78. The molecule has 1 fully saturated rings. The fraction of sp³-hybridized carbons (Fsp3) is 0.400. The van der Waals surface area contributed by atoms with Crippen LogP contribution in [0.1, 0.15) is 43.0 Å². The third-order valence-electron chi connectivity index (χ3n) is 6.92. The van der Waals surface area contributed by atoms with Crippen LogP contribution in [-0.4, -0.2) is 82.7 Å². The van der Waals surface area contributed by atoms with Gasteiger partial charge >= 0.3 is 11.9 Å². The smallest absolute Gasteiger partial charge is 0.302 e. The Morgan fingerprint density at radius 1 is 0.872 bits per heavy atom. The van der Waals surface area contributed by atoms with Crippen molar-refractivity contribution in [3.05, 3.63) is 58.7 Å². The normalized spacial score (nSPS) is 24.2. The fourth-order valence-corrected chi connectivity index (χ4v) is 4.97. The summed E-state index contributed by atoms with van der Waals surface area (Å²) in [6.07, 6.45) is -6.73. The molecule has 0 radical (unpaired) electrons. The molecule has 1 heterocycles. The first-order chi connectivity index (χ1) is 18.6. The van der Waals surface area contributed by atoms with Crippen LogP contribution < -0.4 is 0 Å². The number of esters is 2. The topological polar surface area (TPSA) is 143 Å². The van der Waals surface area contributed by atoms with Crippen LogP contribution in [0, 0.1) is 23.7 Å². The molecule has 0 bridgehead atoms. The van der Waals surface area contributed by atoms with Crippen molar-refractivity contribution in [2.24, 2.45) is 0 Å². The number of aliphatic hydroxyl groups excluding tert-OH is 4. The highest BCUT2D eigenvalue weighted by molar-refractivity contribution is 5.83. The molecule has 0 spiro atoms. The lowest BCUT2D eigenvalue weighted by Gasteiger charge is -2.37. The lowest BCUT2D eigenvalue weighted by molar-refractivity contribution is -0.214. The van der Waals surface area contributed by atoms with Crippen molar-refractivity contribution in [2.75, 3.05) is 19.8 Å². The molecule has 2 aliphatic rings. The molecule has 0 aromatic heterocycles. The number of carbonyl (C=O) groups excluding carboxylic acids is 2. The van der Waals surface area contributed by atoms with E-state index < -0.39 is 54.5 Å². The zero-order valence-electron chi connectivity index (χ0n) is 21.8. The van der Waals surface area contributed by atoms with Crippen molar-refractivity contribution in [3.63, 3.8) is 0 Å². The van der Waals surface area contributed by atoms with E-state index in [9.17, 15) is 30.0 Å². The van der Waals surface area contributed by atoms with Crippen molar-refractivity contribution >= 4 is 11.9 Å². The first-order valence-electron chi connectivity index (χ1n) is 12.4. The van der Waals surface area contributed by atoms with Crippen LogP contribution in [0.15, 0.2) is 36.4 Å². The number of aliphatic hydroxyl groups is 4. The lowest BCUT2D eigenvalue weighted by Crippen LogP contribution is -2.58. The van der Waals surface area contributed by atoms with Crippen LogP contribution in [0.25, 0.3) is 11.1 Å². The molecule has 0 unspecified atom stereocenters. The number of hydrogen-bond acceptors (Lipinski definition) is 9. The summed E-state index contributed by atoms with van der Waals surface area (Å²) < 4.78 is 16.5. The molecule has 2 aromatic carbocycles. The van der Waals surface area contributed by atoms with Gasteiger partial charge in [-0.05, 0) is 53.4 Å². The molecular formula is C30H30O9. The van der Waals surface area contributed by atoms with Crippen molar-refractivity contribution in [2.45, 2.75) is 56.7 Å². The predicted molar refractivity (Wildman–Crippen MR) is 139 cm³/mol. The van der Waals surface area contributed by atoms with Gasteiger partial charge in [-0.3, -0.25) is 9.59 Å². The van der Waals surface area contributed by atoms with Crippen LogP contribution in [-0.2, 0) is 29.2 Å². The van der Waals surface area contributed by atoms with Crippen LogP contribution in [0.2, 0.25) is 0 Å². The first-order valence-corrected chi connectivity index (χ1v) is 12.4. The molecule has 4 N–H and O–H groups in total. The van der Waals surface area contributed by atoms with Gasteiger partial charge in [0.25, 0.3) is 0 Å². The Morgan fingerprint density at radius 2 is 1.41 bits per heavy atom. The minimum atomic E-state index is -1.54. The molecule has 0 saturated carbocycles. The predicted octanol–water partition coefficient (Wildman–Crippen LogP) is 0.645. The summed E-state index contributed by atoms with van der Waals surface area (Å²) in [6.45, 7) is 3.59. The highest BCUT2D eigenvalue weighted by Gasteiger charge is 2.46. The highest BCUT2D eigenvalue weighted by atomic mass is 16.6. The first kappa shape index (κ1) is 28.3. The standard InChI is InChI=1S/C30H30O9/c1-4-5-19-6-9-21-22-10-7-20(8-11-25-27(34)29(36)28(35)26(14-31)39-25)13-24(22)30(23(21)12-19,15-37-17(2)32)16-38-18(3)33/h6-7,9-10,12-13,25-29,31,34-36H,14-16H2,1-3H3/t25-,26-,27-,28-,29-/m1/s1. The molecular weight excluding hydrogens is 504 g/mol. The van der Waals surface area contributed by atoms with Gasteiger partial charge in [0.15, 0.2) is 0 Å². The van der Waals surface area contributed by atoms with Gasteiger partial charge in [0.2, 0.25) is 0 Å². The molecule has 204 valence electrons. The van der Waals surface area contributed by atoms with Crippen molar-refractivity contribution < 1.29 is 44.2 Å². The Labute approximate surface area is 226 Å². The van der Waals surface area contributed by atoms with Crippen molar-refractivity contribution in [1.29, 1.82) is 0 Å². The number of ether oxygens (including phenoxy) is 3. The number of rotatable bonds is 5. The van der Waals surface area contributed by atoms with Crippen LogP contribution >= 0.6 is 0 Å². The molecule has 1 aliphatic carbocycles. The summed E-state index contributed by atoms with van der Waals surface area (Å²) >= 11 is 0. The summed E-state index contributed by atoms with van der Waals surface area (Å²) in [5.74, 6) is 10.6. The molecule has 5 atom stereocenters. The SMILES string of the molecule is CC#Cc1ccc2c(c1)C(COC(C)=O)(COC(C)=O)c1cc(C#C[C@H]3O[C@H](CO)[C@@H](O)[C@H](O)[C@@H]3O)ccc1-2. The van der Waals surface area contributed by atoms with Gasteiger partial charge in [0.1, 0.15) is 43.7 Å². The summed E-state index contributed by atoms with van der Waals surface area (Å²) in [4.78, 5) is 23.8. The van der Waals surface area contributed by atoms with Gasteiger partial charge in [-0.2, -0.15) is 0 Å². The average Bonchev–Trinajstić information content (AvgIpc) is 3.18. The third-order valence-corrected chi connectivity index (χ3v) is 6.92. The number of benzene rings is 2. The number of carbonyl (C=O) groups is 2.